The third-order valence-electron chi connectivity index (χ3n) is 3.83. The van der Waals surface area contributed by atoms with Gasteiger partial charge < -0.3 is 15.7 Å². The minimum absolute atomic E-state index is 0.00749. The first kappa shape index (κ1) is 15.0. The monoisotopic (exact) mass is 317 g/mol. The average molecular weight is 317 g/mol. The Labute approximate surface area is 133 Å². The van der Waals surface area contributed by atoms with Crippen LogP contribution in [-0.2, 0) is 13.2 Å². The molecule has 1 aliphatic rings. The highest BCUT2D eigenvalue weighted by molar-refractivity contribution is 7.09. The first-order valence-electron chi connectivity index (χ1n) is 7.39. The van der Waals surface area contributed by atoms with Gasteiger partial charge in [-0.1, -0.05) is 24.3 Å². The molecule has 0 bridgehead atoms. The van der Waals surface area contributed by atoms with Gasteiger partial charge in [-0.15, -0.1) is 11.3 Å². The van der Waals surface area contributed by atoms with E-state index in [9.17, 15) is 9.90 Å². The molecule has 5 nitrogen and oxygen atoms in total. The van der Waals surface area contributed by atoms with Gasteiger partial charge in [0.1, 0.15) is 5.01 Å². The second-order valence-corrected chi connectivity index (χ2v) is 6.37. The fraction of sp³-hybridized carbons (Fsp3) is 0.375. The maximum absolute atomic E-state index is 12.1. The highest BCUT2D eigenvalue weighted by atomic mass is 32.1. The largest absolute Gasteiger partial charge is 0.392 e. The molecule has 1 unspecified atom stereocenters. The Morgan fingerprint density at radius 3 is 2.77 bits per heavy atom. The van der Waals surface area contributed by atoms with Gasteiger partial charge in [-0.2, -0.15) is 0 Å². The highest BCUT2D eigenvalue weighted by Crippen LogP contribution is 2.41. The predicted molar refractivity (Wildman–Crippen MR) is 85.3 cm³/mol. The minimum atomic E-state index is -0.195. The van der Waals surface area contributed by atoms with Crippen molar-refractivity contribution in [2.24, 2.45) is 5.92 Å². The molecule has 22 heavy (non-hydrogen) atoms. The van der Waals surface area contributed by atoms with Crippen LogP contribution in [0.15, 0.2) is 35.8 Å². The average Bonchev–Trinajstić information content (AvgIpc) is 3.25. The van der Waals surface area contributed by atoms with Gasteiger partial charge in [-0.05, 0) is 29.9 Å². The van der Waals surface area contributed by atoms with Crippen LogP contribution in [-0.4, -0.2) is 16.1 Å². The fourth-order valence-electron chi connectivity index (χ4n) is 2.45. The molecule has 0 radical (unpaired) electrons. The molecule has 2 amide bonds. The van der Waals surface area contributed by atoms with Crippen LogP contribution in [0.25, 0.3) is 0 Å². The normalized spacial score (nSPS) is 15.3. The molecule has 3 N–H and O–H groups in total. The summed E-state index contributed by atoms with van der Waals surface area (Å²) in [6.45, 7) is 0.376. The molecule has 1 aromatic carbocycles. The van der Waals surface area contributed by atoms with E-state index in [1.807, 2.05) is 29.6 Å². The number of thiazole rings is 1. The summed E-state index contributed by atoms with van der Waals surface area (Å²) in [5, 5.41) is 18.1. The van der Waals surface area contributed by atoms with Crippen molar-refractivity contribution < 1.29 is 9.90 Å². The molecular weight excluding hydrogens is 298 g/mol. The Balaban J connectivity index is 1.58. The Morgan fingerprint density at radius 2 is 2.14 bits per heavy atom. The molecule has 1 heterocycles. The van der Waals surface area contributed by atoms with Gasteiger partial charge >= 0.3 is 6.03 Å². The zero-order valence-electron chi connectivity index (χ0n) is 12.2. The predicted octanol–water partition coefficient (Wildman–Crippen LogP) is 2.59. The van der Waals surface area contributed by atoms with Crippen LogP contribution < -0.4 is 10.6 Å². The van der Waals surface area contributed by atoms with Gasteiger partial charge in [0.15, 0.2) is 0 Å². The molecule has 1 atom stereocenters. The van der Waals surface area contributed by atoms with Crippen molar-refractivity contribution in [1.29, 1.82) is 0 Å². The van der Waals surface area contributed by atoms with E-state index in [1.54, 1.807) is 17.5 Å². The van der Waals surface area contributed by atoms with Crippen LogP contribution in [0.4, 0.5) is 4.79 Å². The summed E-state index contributed by atoms with van der Waals surface area (Å²) in [4.78, 5) is 16.5. The molecule has 1 aliphatic carbocycles. The van der Waals surface area contributed by atoms with Crippen molar-refractivity contribution in [3.63, 3.8) is 0 Å². The summed E-state index contributed by atoms with van der Waals surface area (Å²) in [6.07, 6.45) is 4.04. The summed E-state index contributed by atoms with van der Waals surface area (Å²) in [6, 6.07) is 7.35. The van der Waals surface area contributed by atoms with Gasteiger partial charge in [0.05, 0.1) is 12.6 Å². The van der Waals surface area contributed by atoms with E-state index in [0.717, 1.165) is 29.0 Å². The number of carbonyl (C=O) groups excluding carboxylic acids is 1. The number of amides is 2. The van der Waals surface area contributed by atoms with Crippen molar-refractivity contribution in [3.8, 4) is 0 Å². The Hall–Kier alpha value is -1.92. The van der Waals surface area contributed by atoms with Gasteiger partial charge in [-0.3, -0.25) is 0 Å². The Morgan fingerprint density at radius 1 is 1.36 bits per heavy atom. The molecule has 6 heteroatoms. The molecule has 1 aromatic heterocycles. The number of urea groups is 1. The lowest BCUT2D eigenvalue weighted by Crippen LogP contribution is -2.38. The Kier molecular flexibility index (Phi) is 4.70. The second-order valence-electron chi connectivity index (χ2n) is 5.44. The van der Waals surface area contributed by atoms with Crippen molar-refractivity contribution >= 4 is 17.4 Å². The number of hydrogen-bond donors (Lipinski definition) is 3. The molecule has 0 spiro atoms. The number of aliphatic hydroxyl groups is 1. The topological polar surface area (TPSA) is 74.2 Å². The number of aromatic nitrogens is 1. The van der Waals surface area contributed by atoms with Gasteiger partial charge in [0, 0.05) is 18.1 Å². The van der Waals surface area contributed by atoms with Crippen molar-refractivity contribution in [3.05, 3.63) is 52.0 Å². The lowest BCUT2D eigenvalue weighted by Gasteiger charge is -2.17. The van der Waals surface area contributed by atoms with E-state index in [-0.39, 0.29) is 18.7 Å². The summed E-state index contributed by atoms with van der Waals surface area (Å²) in [5.74, 6) is 0.502. The van der Waals surface area contributed by atoms with Crippen LogP contribution in [0.2, 0.25) is 0 Å². The fourth-order valence-corrected chi connectivity index (χ4v) is 3.23. The first-order chi connectivity index (χ1) is 10.8. The van der Waals surface area contributed by atoms with Crippen LogP contribution in [0.3, 0.4) is 0 Å². The number of rotatable bonds is 6. The van der Waals surface area contributed by atoms with Crippen LogP contribution in [0, 0.1) is 5.92 Å². The van der Waals surface area contributed by atoms with E-state index in [0.29, 0.717) is 12.5 Å². The maximum atomic E-state index is 12.1. The summed E-state index contributed by atoms with van der Waals surface area (Å²) in [5.41, 5.74) is 1.76. The standard InChI is InChI=1S/C16H19N3O2S/c20-10-13-4-2-1-3-12(13)9-18-16(21)19-14(11-5-6-11)15-17-7-8-22-15/h1-4,7-8,11,14,20H,5-6,9-10H2,(H2,18,19,21). The quantitative estimate of drug-likeness (QED) is 0.766. The van der Waals surface area contributed by atoms with E-state index in [1.165, 1.54) is 0 Å². The third kappa shape index (κ3) is 3.64. The second kappa shape index (κ2) is 6.89. The molecule has 3 rings (SSSR count). The molecule has 0 aliphatic heterocycles. The zero-order chi connectivity index (χ0) is 15.4. The smallest absolute Gasteiger partial charge is 0.315 e. The van der Waals surface area contributed by atoms with E-state index in [2.05, 4.69) is 15.6 Å². The van der Waals surface area contributed by atoms with Gasteiger partial charge in [0.2, 0.25) is 0 Å². The number of hydrogen-bond acceptors (Lipinski definition) is 4. The summed E-state index contributed by atoms with van der Waals surface area (Å²) >= 11 is 1.58. The van der Waals surface area contributed by atoms with Crippen molar-refractivity contribution in [2.45, 2.75) is 32.0 Å². The number of nitrogens with zero attached hydrogens (tertiary/aromatic N) is 1. The van der Waals surface area contributed by atoms with Crippen LogP contribution in [0.1, 0.15) is 35.0 Å². The lowest BCUT2D eigenvalue weighted by molar-refractivity contribution is 0.234. The molecule has 1 saturated carbocycles. The maximum Gasteiger partial charge on any atom is 0.315 e. The number of benzene rings is 1. The zero-order valence-corrected chi connectivity index (χ0v) is 13.0. The molecule has 0 saturated heterocycles. The number of carbonyl (C=O) groups is 1. The van der Waals surface area contributed by atoms with E-state index >= 15 is 0 Å². The SMILES string of the molecule is O=C(NCc1ccccc1CO)NC(c1nccs1)C1CC1. The first-order valence-corrected chi connectivity index (χ1v) is 8.27. The summed E-state index contributed by atoms with van der Waals surface area (Å²) < 4.78 is 0. The number of aliphatic hydroxyl groups excluding tert-OH is 1. The third-order valence-corrected chi connectivity index (χ3v) is 4.68. The van der Waals surface area contributed by atoms with Crippen molar-refractivity contribution in [2.75, 3.05) is 0 Å². The van der Waals surface area contributed by atoms with Crippen LogP contribution in [0.5, 0.6) is 0 Å². The molecular formula is C16H19N3O2S. The summed E-state index contributed by atoms with van der Waals surface area (Å²) in [7, 11) is 0. The lowest BCUT2D eigenvalue weighted by atomic mass is 10.1. The van der Waals surface area contributed by atoms with E-state index < -0.39 is 0 Å². The minimum Gasteiger partial charge on any atom is -0.392 e. The van der Waals surface area contributed by atoms with E-state index in [4.69, 9.17) is 0 Å². The highest BCUT2D eigenvalue weighted by Gasteiger charge is 2.34. The molecule has 1 fully saturated rings. The van der Waals surface area contributed by atoms with Gasteiger partial charge in [0.25, 0.3) is 0 Å². The number of nitrogens with one attached hydrogen (secondary N) is 2. The Bertz CT molecular complexity index is 626. The molecule has 2 aromatic rings. The van der Waals surface area contributed by atoms with Crippen molar-refractivity contribution in [1.82, 2.24) is 15.6 Å². The molecule has 116 valence electrons. The van der Waals surface area contributed by atoms with Crippen LogP contribution >= 0.6 is 11.3 Å². The van der Waals surface area contributed by atoms with Gasteiger partial charge in [-0.25, -0.2) is 9.78 Å².